The topological polar surface area (TPSA) is 131 Å². The highest BCUT2D eigenvalue weighted by molar-refractivity contribution is 5.59. The van der Waals surface area contributed by atoms with Crippen molar-refractivity contribution in [2.24, 2.45) is 0 Å². The number of hydrogen-bond acceptors (Lipinski definition) is 10. The van der Waals surface area contributed by atoms with Crippen molar-refractivity contribution in [3.8, 4) is 23.2 Å². The van der Waals surface area contributed by atoms with E-state index in [4.69, 9.17) is 14.0 Å². The monoisotopic (exact) mass is 579 g/mol. The molecule has 0 radical (unpaired) electrons. The van der Waals surface area contributed by atoms with Crippen LogP contribution >= 0.6 is 0 Å². The first-order valence-electron chi connectivity index (χ1n) is 14.4. The van der Waals surface area contributed by atoms with Gasteiger partial charge < -0.3 is 23.9 Å². The number of imidazole rings is 1. The van der Waals surface area contributed by atoms with Crippen molar-refractivity contribution in [1.29, 1.82) is 0 Å². The van der Waals surface area contributed by atoms with Gasteiger partial charge >= 0.3 is 0 Å². The average molecular weight is 580 g/mol. The smallest absolute Gasteiger partial charge is 0.167 e. The van der Waals surface area contributed by atoms with Gasteiger partial charge in [-0.2, -0.15) is 4.80 Å². The lowest BCUT2D eigenvalue weighted by Crippen LogP contribution is -2.24. The quantitative estimate of drug-likeness (QED) is 0.182. The molecule has 6 rings (SSSR count). The van der Waals surface area contributed by atoms with Crippen LogP contribution in [0.5, 0.6) is 0 Å². The molecule has 0 saturated carbocycles. The van der Waals surface area contributed by atoms with Gasteiger partial charge in [0.05, 0.1) is 18.8 Å². The summed E-state index contributed by atoms with van der Waals surface area (Å²) in [6.07, 6.45) is 9.68. The second-order valence-electron chi connectivity index (χ2n) is 10.2. The number of rotatable bonds is 11. The summed E-state index contributed by atoms with van der Waals surface area (Å²) in [7, 11) is 0. The lowest BCUT2D eigenvalue weighted by Gasteiger charge is -2.26. The summed E-state index contributed by atoms with van der Waals surface area (Å²) < 4.78 is 19.5. The SMILES string of the molecule is C[C@H](OC1CCCCO1)c1nccn1Cc1cc(-c2ccc(C#Cc3ccc(CNCCn4ncnn4)nc3)cc2)on1. The molecule has 43 heavy (non-hydrogen) atoms. The van der Waals surface area contributed by atoms with E-state index >= 15 is 0 Å². The number of nitrogens with one attached hydrogen (secondary N) is 1. The normalized spacial score (nSPS) is 15.6. The minimum atomic E-state index is -0.191. The third-order valence-corrected chi connectivity index (χ3v) is 7.03. The zero-order chi connectivity index (χ0) is 29.3. The third-order valence-electron chi connectivity index (χ3n) is 7.03. The molecule has 1 aliphatic heterocycles. The van der Waals surface area contributed by atoms with Gasteiger partial charge in [-0.25, -0.2) is 4.98 Å². The first-order valence-corrected chi connectivity index (χ1v) is 14.4. The molecular formula is C31H33N9O3. The standard InChI is InChI=1S/C31H33N9O3/c1-23(42-30-4-2-3-17-41-30)31-33-14-15-39(31)21-28-18-29(43-37-28)26-10-7-24(8-11-26)5-6-25-9-12-27(34-19-25)20-32-13-16-40-36-22-35-38-40/h7-12,14-15,18-19,22-23,30,32H,2-4,13,16-17,20-21H2,1H3/t23-,30?/m0/s1. The van der Waals surface area contributed by atoms with E-state index in [0.29, 0.717) is 25.4 Å². The number of ether oxygens (including phenoxy) is 2. The second kappa shape index (κ2) is 14.0. The first kappa shape index (κ1) is 28.4. The van der Waals surface area contributed by atoms with Gasteiger partial charge in [0.25, 0.3) is 0 Å². The molecule has 0 spiro atoms. The molecule has 2 atom stereocenters. The highest BCUT2D eigenvalue weighted by Crippen LogP contribution is 2.25. The zero-order valence-electron chi connectivity index (χ0n) is 24.0. The van der Waals surface area contributed by atoms with E-state index in [1.54, 1.807) is 17.2 Å². The molecule has 12 nitrogen and oxygen atoms in total. The highest BCUT2D eigenvalue weighted by Gasteiger charge is 2.21. The second-order valence-corrected chi connectivity index (χ2v) is 10.2. The predicted octanol–water partition coefficient (Wildman–Crippen LogP) is 3.76. The van der Waals surface area contributed by atoms with E-state index in [0.717, 1.165) is 66.3 Å². The van der Waals surface area contributed by atoms with E-state index in [2.05, 4.69) is 47.7 Å². The Morgan fingerprint density at radius 1 is 1.07 bits per heavy atom. The molecule has 0 aliphatic carbocycles. The van der Waals surface area contributed by atoms with Crippen LogP contribution in [0.25, 0.3) is 11.3 Å². The molecule has 5 aromatic rings. The van der Waals surface area contributed by atoms with Gasteiger partial charge in [-0.1, -0.05) is 17.0 Å². The van der Waals surface area contributed by atoms with Crippen LogP contribution in [0.15, 0.2) is 71.9 Å². The maximum Gasteiger partial charge on any atom is 0.167 e. The van der Waals surface area contributed by atoms with Crippen LogP contribution in [0.2, 0.25) is 0 Å². The van der Waals surface area contributed by atoms with Crippen LogP contribution < -0.4 is 5.32 Å². The number of aromatic nitrogens is 8. The largest absolute Gasteiger partial charge is 0.356 e. The van der Waals surface area contributed by atoms with E-state index < -0.39 is 0 Å². The van der Waals surface area contributed by atoms with Crippen molar-refractivity contribution >= 4 is 0 Å². The van der Waals surface area contributed by atoms with Gasteiger partial charge in [0.2, 0.25) is 0 Å². The fourth-order valence-electron chi connectivity index (χ4n) is 4.77. The van der Waals surface area contributed by atoms with E-state index in [1.807, 2.05) is 60.2 Å². The minimum Gasteiger partial charge on any atom is -0.356 e. The van der Waals surface area contributed by atoms with Crippen molar-refractivity contribution in [2.75, 3.05) is 13.2 Å². The van der Waals surface area contributed by atoms with E-state index in [9.17, 15) is 0 Å². The van der Waals surface area contributed by atoms with Crippen molar-refractivity contribution in [2.45, 2.75) is 58.2 Å². The molecule has 1 aliphatic rings. The summed E-state index contributed by atoms with van der Waals surface area (Å²) in [5.41, 5.74) is 4.42. The number of nitrogens with zero attached hydrogens (tertiary/aromatic N) is 8. The molecule has 5 heterocycles. The fourth-order valence-corrected chi connectivity index (χ4v) is 4.77. The highest BCUT2D eigenvalue weighted by atomic mass is 16.7. The maximum atomic E-state index is 6.11. The van der Waals surface area contributed by atoms with Crippen molar-refractivity contribution < 1.29 is 14.0 Å². The van der Waals surface area contributed by atoms with Gasteiger partial charge in [0, 0.05) is 61.0 Å². The molecule has 1 unspecified atom stereocenters. The van der Waals surface area contributed by atoms with E-state index in [1.165, 1.54) is 6.33 Å². The van der Waals surface area contributed by atoms with Crippen molar-refractivity contribution in [1.82, 2.24) is 45.2 Å². The molecule has 1 aromatic carbocycles. The van der Waals surface area contributed by atoms with Crippen LogP contribution in [0.4, 0.5) is 0 Å². The van der Waals surface area contributed by atoms with Crippen LogP contribution in [-0.4, -0.2) is 59.3 Å². The Labute approximate surface area is 249 Å². The van der Waals surface area contributed by atoms with E-state index in [-0.39, 0.29) is 12.4 Å². The van der Waals surface area contributed by atoms with Crippen molar-refractivity contribution in [3.05, 3.63) is 95.7 Å². The summed E-state index contributed by atoms with van der Waals surface area (Å²) in [6, 6.07) is 13.8. The lowest BCUT2D eigenvalue weighted by molar-refractivity contribution is -0.188. The Hall–Kier alpha value is -4.70. The summed E-state index contributed by atoms with van der Waals surface area (Å²) in [5.74, 6) is 7.91. The average Bonchev–Trinajstić information content (AvgIpc) is 3.83. The summed E-state index contributed by atoms with van der Waals surface area (Å²) in [6.45, 7) is 5.31. The summed E-state index contributed by atoms with van der Waals surface area (Å²) >= 11 is 0. The Kier molecular flexibility index (Phi) is 9.24. The predicted molar refractivity (Wildman–Crippen MR) is 156 cm³/mol. The summed E-state index contributed by atoms with van der Waals surface area (Å²) in [5, 5.41) is 19.1. The van der Waals surface area contributed by atoms with Gasteiger partial charge in [-0.15, -0.1) is 10.2 Å². The molecule has 220 valence electrons. The zero-order valence-corrected chi connectivity index (χ0v) is 24.0. The molecule has 0 bridgehead atoms. The van der Waals surface area contributed by atoms with Crippen LogP contribution in [0, 0.1) is 11.8 Å². The molecule has 1 N–H and O–H groups in total. The van der Waals surface area contributed by atoms with Gasteiger partial charge in [-0.05, 0) is 67.8 Å². The Morgan fingerprint density at radius 2 is 1.95 bits per heavy atom. The van der Waals surface area contributed by atoms with Crippen LogP contribution in [0.1, 0.15) is 60.6 Å². The minimum absolute atomic E-state index is 0.175. The molecule has 12 heteroatoms. The number of hydrogen-bond donors (Lipinski definition) is 1. The van der Waals surface area contributed by atoms with Crippen LogP contribution in [-0.2, 0) is 29.1 Å². The van der Waals surface area contributed by atoms with Gasteiger partial charge in [0.1, 0.15) is 17.6 Å². The molecule has 1 saturated heterocycles. The number of benzene rings is 1. The molecular weight excluding hydrogens is 546 g/mol. The fraction of sp³-hybridized carbons (Fsp3) is 0.355. The molecule has 4 aromatic heterocycles. The van der Waals surface area contributed by atoms with Gasteiger partial charge in [-0.3, -0.25) is 4.98 Å². The van der Waals surface area contributed by atoms with Crippen molar-refractivity contribution in [3.63, 3.8) is 0 Å². The Bertz CT molecular complexity index is 1630. The Balaban J connectivity index is 1.01. The summed E-state index contributed by atoms with van der Waals surface area (Å²) in [4.78, 5) is 10.6. The molecule has 1 fully saturated rings. The maximum absolute atomic E-state index is 6.11. The third kappa shape index (κ3) is 7.78. The number of tetrazole rings is 1. The van der Waals surface area contributed by atoms with Gasteiger partial charge in [0.15, 0.2) is 18.4 Å². The lowest BCUT2D eigenvalue weighted by atomic mass is 10.1. The number of pyridine rings is 1. The Morgan fingerprint density at radius 3 is 2.74 bits per heavy atom. The van der Waals surface area contributed by atoms with Crippen LogP contribution in [0.3, 0.4) is 0 Å². The molecule has 0 amide bonds. The first-order chi connectivity index (χ1) is 21.2.